The highest BCUT2D eigenvalue weighted by Crippen LogP contribution is 2.26. The Morgan fingerprint density at radius 2 is 1.83 bits per heavy atom. The van der Waals surface area contributed by atoms with E-state index in [1.165, 1.54) is 5.56 Å². The first-order chi connectivity index (χ1) is 11.4. The maximum atomic E-state index is 4.80. The minimum absolute atomic E-state index is 0.838. The number of aromatic nitrogens is 3. The smallest absolute Gasteiger partial charge is 0.157 e. The van der Waals surface area contributed by atoms with Crippen molar-refractivity contribution in [2.24, 2.45) is 0 Å². The first kappa shape index (κ1) is 13.8. The van der Waals surface area contributed by atoms with Gasteiger partial charge in [0.15, 0.2) is 5.82 Å². The Kier molecular flexibility index (Phi) is 3.42. The molecule has 0 bridgehead atoms. The molecule has 0 radical (unpaired) electrons. The van der Waals surface area contributed by atoms with Crippen LogP contribution in [0.1, 0.15) is 18.9 Å². The number of nitrogens with one attached hydrogen (secondary N) is 1. The summed E-state index contributed by atoms with van der Waals surface area (Å²) >= 11 is 0. The minimum atomic E-state index is 0.838. The third kappa shape index (κ3) is 2.42. The van der Waals surface area contributed by atoms with E-state index in [0.717, 1.165) is 40.9 Å². The summed E-state index contributed by atoms with van der Waals surface area (Å²) in [5.41, 5.74) is 5.42. The van der Waals surface area contributed by atoms with Gasteiger partial charge in [0, 0.05) is 5.69 Å². The van der Waals surface area contributed by atoms with Crippen LogP contribution in [0, 0.1) is 0 Å². The van der Waals surface area contributed by atoms with E-state index in [0.29, 0.717) is 0 Å². The number of anilines is 2. The molecule has 4 nitrogen and oxygen atoms in total. The first-order valence-corrected chi connectivity index (χ1v) is 7.92. The van der Waals surface area contributed by atoms with Gasteiger partial charge in [-0.3, -0.25) is 4.40 Å². The molecule has 0 spiro atoms. The summed E-state index contributed by atoms with van der Waals surface area (Å²) in [6, 6.07) is 16.5. The molecule has 114 valence electrons. The Bertz CT molecular complexity index is 971. The van der Waals surface area contributed by atoms with Gasteiger partial charge in [0.25, 0.3) is 0 Å². The fourth-order valence-electron chi connectivity index (χ4n) is 2.95. The average Bonchev–Trinajstić information content (AvgIpc) is 3.07. The summed E-state index contributed by atoms with van der Waals surface area (Å²) in [6.07, 6.45) is 5.85. The van der Waals surface area contributed by atoms with Crippen molar-refractivity contribution in [1.82, 2.24) is 14.4 Å². The Hall–Kier alpha value is -2.88. The number of hydrogen-bond donors (Lipinski definition) is 1. The van der Waals surface area contributed by atoms with Gasteiger partial charge in [0.2, 0.25) is 0 Å². The van der Waals surface area contributed by atoms with Crippen LogP contribution in [0.2, 0.25) is 0 Å². The Balaban J connectivity index is 1.87. The van der Waals surface area contributed by atoms with Crippen LogP contribution in [0.5, 0.6) is 0 Å². The van der Waals surface area contributed by atoms with Crippen LogP contribution < -0.4 is 5.32 Å². The number of imidazole rings is 1. The summed E-state index contributed by atoms with van der Waals surface area (Å²) in [6.45, 7) is 2.19. The lowest BCUT2D eigenvalue weighted by atomic mass is 10.1. The van der Waals surface area contributed by atoms with Crippen molar-refractivity contribution in [3.05, 3.63) is 66.6 Å². The topological polar surface area (TPSA) is 42.2 Å². The molecule has 2 aromatic carbocycles. The van der Waals surface area contributed by atoms with E-state index in [1.807, 2.05) is 30.7 Å². The van der Waals surface area contributed by atoms with Crippen molar-refractivity contribution in [2.45, 2.75) is 19.8 Å². The molecule has 0 aliphatic rings. The highest BCUT2D eigenvalue weighted by molar-refractivity contribution is 5.85. The lowest BCUT2D eigenvalue weighted by Gasteiger charge is -2.13. The molecule has 2 heterocycles. The number of hydrogen-bond acceptors (Lipinski definition) is 3. The highest BCUT2D eigenvalue weighted by Gasteiger charge is 2.10. The van der Waals surface area contributed by atoms with Gasteiger partial charge in [-0.25, -0.2) is 9.97 Å². The van der Waals surface area contributed by atoms with Crippen LogP contribution in [0.25, 0.3) is 16.6 Å². The molecule has 0 atom stereocenters. The number of para-hydroxylation sites is 3. The van der Waals surface area contributed by atoms with Gasteiger partial charge in [-0.05, 0) is 30.2 Å². The van der Waals surface area contributed by atoms with Crippen molar-refractivity contribution in [1.29, 1.82) is 0 Å². The minimum Gasteiger partial charge on any atom is -0.338 e. The van der Waals surface area contributed by atoms with Crippen LogP contribution in [0.4, 0.5) is 11.5 Å². The van der Waals surface area contributed by atoms with Gasteiger partial charge in [0.1, 0.15) is 5.52 Å². The van der Waals surface area contributed by atoms with E-state index in [2.05, 4.69) is 52.0 Å². The number of rotatable bonds is 4. The first-order valence-electron chi connectivity index (χ1n) is 7.92. The van der Waals surface area contributed by atoms with Gasteiger partial charge in [-0.2, -0.15) is 0 Å². The standard InChI is InChI=1S/C19H18N4/c1-2-7-14-8-3-4-9-15(14)21-19-18-12-20-13-23(18)17-11-6-5-10-16(17)22-19/h3-6,8-13H,2,7H2,1H3,(H,21,22). The number of aryl methyl sites for hydroxylation is 1. The van der Waals surface area contributed by atoms with E-state index in [-0.39, 0.29) is 0 Å². The SMILES string of the molecule is CCCc1ccccc1Nc1nc2ccccc2n2cncc12. The largest absolute Gasteiger partial charge is 0.338 e. The second kappa shape index (κ2) is 5.72. The summed E-state index contributed by atoms with van der Waals surface area (Å²) in [4.78, 5) is 9.10. The van der Waals surface area contributed by atoms with Crippen molar-refractivity contribution in [3.63, 3.8) is 0 Å². The zero-order valence-corrected chi connectivity index (χ0v) is 13.0. The van der Waals surface area contributed by atoms with Crippen LogP contribution in [-0.2, 0) is 6.42 Å². The molecular formula is C19H18N4. The highest BCUT2D eigenvalue weighted by atomic mass is 15.1. The van der Waals surface area contributed by atoms with Crippen molar-refractivity contribution in [3.8, 4) is 0 Å². The maximum absolute atomic E-state index is 4.80. The second-order valence-corrected chi connectivity index (χ2v) is 5.63. The summed E-state index contributed by atoms with van der Waals surface area (Å²) < 4.78 is 2.08. The third-order valence-corrected chi connectivity index (χ3v) is 4.04. The quantitative estimate of drug-likeness (QED) is 0.600. The molecule has 0 aliphatic heterocycles. The summed E-state index contributed by atoms with van der Waals surface area (Å²) in [5.74, 6) is 0.838. The average molecular weight is 302 g/mol. The van der Waals surface area contributed by atoms with Crippen LogP contribution in [0.15, 0.2) is 61.1 Å². The molecule has 1 N–H and O–H groups in total. The molecule has 23 heavy (non-hydrogen) atoms. The van der Waals surface area contributed by atoms with Crippen LogP contribution in [-0.4, -0.2) is 14.4 Å². The van der Waals surface area contributed by atoms with Crippen molar-refractivity contribution >= 4 is 28.1 Å². The number of fused-ring (bicyclic) bond motifs is 3. The molecule has 0 aliphatic carbocycles. The van der Waals surface area contributed by atoms with Gasteiger partial charge in [-0.1, -0.05) is 43.7 Å². The van der Waals surface area contributed by atoms with Crippen molar-refractivity contribution in [2.75, 3.05) is 5.32 Å². The second-order valence-electron chi connectivity index (χ2n) is 5.63. The monoisotopic (exact) mass is 302 g/mol. The summed E-state index contributed by atoms with van der Waals surface area (Å²) in [5, 5.41) is 3.51. The van der Waals surface area contributed by atoms with E-state index < -0.39 is 0 Å². The molecule has 0 fully saturated rings. The fourth-order valence-corrected chi connectivity index (χ4v) is 2.95. The maximum Gasteiger partial charge on any atom is 0.157 e. The van der Waals surface area contributed by atoms with Gasteiger partial charge in [0.05, 0.1) is 23.6 Å². The van der Waals surface area contributed by atoms with E-state index in [4.69, 9.17) is 4.98 Å². The van der Waals surface area contributed by atoms with E-state index >= 15 is 0 Å². The van der Waals surface area contributed by atoms with Gasteiger partial charge < -0.3 is 5.32 Å². The number of benzene rings is 2. The molecule has 2 aromatic heterocycles. The molecule has 0 saturated heterocycles. The van der Waals surface area contributed by atoms with Crippen molar-refractivity contribution < 1.29 is 0 Å². The molecule has 0 unspecified atom stereocenters. The molecule has 0 amide bonds. The molecule has 4 heteroatoms. The van der Waals surface area contributed by atoms with Gasteiger partial charge >= 0.3 is 0 Å². The molecule has 4 rings (SSSR count). The predicted molar refractivity (Wildman–Crippen MR) is 94.2 cm³/mol. The third-order valence-electron chi connectivity index (χ3n) is 4.04. The fraction of sp³-hybridized carbons (Fsp3) is 0.158. The van der Waals surface area contributed by atoms with E-state index in [1.54, 1.807) is 0 Å². The van der Waals surface area contributed by atoms with Gasteiger partial charge in [-0.15, -0.1) is 0 Å². The Morgan fingerprint density at radius 1 is 1.00 bits per heavy atom. The summed E-state index contributed by atoms with van der Waals surface area (Å²) in [7, 11) is 0. The van der Waals surface area contributed by atoms with Crippen LogP contribution >= 0.6 is 0 Å². The zero-order valence-electron chi connectivity index (χ0n) is 13.0. The lowest BCUT2D eigenvalue weighted by Crippen LogP contribution is -2.01. The Labute approximate surface area is 134 Å². The normalized spacial score (nSPS) is 11.2. The molecule has 0 saturated carbocycles. The van der Waals surface area contributed by atoms with E-state index in [9.17, 15) is 0 Å². The zero-order chi connectivity index (χ0) is 15.6. The lowest BCUT2D eigenvalue weighted by molar-refractivity contribution is 0.923. The molecular weight excluding hydrogens is 284 g/mol. The van der Waals surface area contributed by atoms with Crippen LogP contribution in [0.3, 0.4) is 0 Å². The molecule has 4 aromatic rings. The number of nitrogens with zero attached hydrogens (tertiary/aromatic N) is 3. The predicted octanol–water partition coefficient (Wildman–Crippen LogP) is 4.58. The Morgan fingerprint density at radius 3 is 2.74 bits per heavy atom.